The van der Waals surface area contributed by atoms with Crippen LogP contribution in [0, 0.1) is 5.92 Å². The summed E-state index contributed by atoms with van der Waals surface area (Å²) >= 11 is 15.1. The van der Waals surface area contributed by atoms with Crippen LogP contribution in [0.2, 0.25) is 10.0 Å². The van der Waals surface area contributed by atoms with E-state index in [-0.39, 0.29) is 0 Å². The number of halogens is 3. The van der Waals surface area contributed by atoms with Gasteiger partial charge in [0.05, 0.1) is 16.9 Å². The fourth-order valence-electron chi connectivity index (χ4n) is 1.79. The molecule has 0 aliphatic heterocycles. The van der Waals surface area contributed by atoms with Gasteiger partial charge in [0.15, 0.2) is 0 Å². The molecule has 0 aromatic heterocycles. The first-order valence-corrected chi connectivity index (χ1v) is 8.76. The maximum Gasteiger partial charge on any atom is 0.252 e. The standard InChI is InChI=1S/C17H14BrCl2N3O2/c1-10(16(24)22-15-5-3-2-4-13(15)18)17(25)23-21-9-11-6-7-12(19)8-14(11)20/h2-10H,1H3,(H,22,24)(H,23,25). The Kier molecular flexibility index (Phi) is 6.99. The highest BCUT2D eigenvalue weighted by Gasteiger charge is 2.21. The van der Waals surface area contributed by atoms with Gasteiger partial charge in [-0.05, 0) is 47.1 Å². The van der Waals surface area contributed by atoms with Crippen LogP contribution >= 0.6 is 39.1 Å². The van der Waals surface area contributed by atoms with Crippen molar-refractivity contribution in [2.24, 2.45) is 11.0 Å². The van der Waals surface area contributed by atoms with Crippen molar-refractivity contribution in [3.63, 3.8) is 0 Å². The molecule has 2 rings (SSSR count). The van der Waals surface area contributed by atoms with Crippen molar-refractivity contribution in [1.29, 1.82) is 0 Å². The number of hydrogen-bond donors (Lipinski definition) is 2. The minimum absolute atomic E-state index is 0.408. The molecule has 2 aromatic carbocycles. The molecule has 0 aliphatic carbocycles. The lowest BCUT2D eigenvalue weighted by molar-refractivity contribution is -0.131. The molecule has 0 saturated heterocycles. The number of rotatable bonds is 5. The van der Waals surface area contributed by atoms with Crippen molar-refractivity contribution < 1.29 is 9.59 Å². The van der Waals surface area contributed by atoms with Crippen LogP contribution in [0.25, 0.3) is 0 Å². The Balaban J connectivity index is 1.94. The van der Waals surface area contributed by atoms with E-state index in [2.05, 4.69) is 31.8 Å². The second-order valence-corrected chi connectivity index (χ2v) is 6.79. The zero-order valence-electron chi connectivity index (χ0n) is 13.1. The lowest BCUT2D eigenvalue weighted by Crippen LogP contribution is -2.34. The summed E-state index contributed by atoms with van der Waals surface area (Å²) in [5, 5.41) is 7.41. The number of hydrogen-bond acceptors (Lipinski definition) is 3. The molecule has 0 radical (unpaired) electrons. The second-order valence-electron chi connectivity index (χ2n) is 5.09. The number of nitrogens with zero attached hydrogens (tertiary/aromatic N) is 1. The first-order valence-electron chi connectivity index (χ1n) is 7.22. The SMILES string of the molecule is CC(C(=O)NN=Cc1ccc(Cl)cc1Cl)C(=O)Nc1ccccc1Br. The van der Waals surface area contributed by atoms with Gasteiger partial charge in [0.25, 0.3) is 5.91 Å². The second kappa shape index (κ2) is 8.99. The van der Waals surface area contributed by atoms with Crippen molar-refractivity contribution in [1.82, 2.24) is 5.43 Å². The number of para-hydroxylation sites is 1. The van der Waals surface area contributed by atoms with Gasteiger partial charge in [-0.2, -0.15) is 5.10 Å². The number of anilines is 1. The Bertz CT molecular complexity index is 827. The van der Waals surface area contributed by atoms with Gasteiger partial charge in [-0.15, -0.1) is 0 Å². The summed E-state index contributed by atoms with van der Waals surface area (Å²) in [5.41, 5.74) is 3.50. The number of carbonyl (C=O) groups is 2. The van der Waals surface area contributed by atoms with Crippen LogP contribution in [-0.4, -0.2) is 18.0 Å². The summed E-state index contributed by atoms with van der Waals surface area (Å²) in [6.07, 6.45) is 1.38. The van der Waals surface area contributed by atoms with E-state index in [0.29, 0.717) is 21.3 Å². The normalized spacial score (nSPS) is 12.0. The molecule has 2 amide bonds. The first-order chi connectivity index (χ1) is 11.9. The van der Waals surface area contributed by atoms with Gasteiger partial charge < -0.3 is 5.32 Å². The Hall–Kier alpha value is -1.89. The maximum atomic E-state index is 12.2. The molecule has 25 heavy (non-hydrogen) atoms. The van der Waals surface area contributed by atoms with Crippen LogP contribution in [-0.2, 0) is 9.59 Å². The van der Waals surface area contributed by atoms with E-state index in [9.17, 15) is 9.59 Å². The fourth-order valence-corrected chi connectivity index (χ4v) is 2.63. The van der Waals surface area contributed by atoms with Crippen LogP contribution in [0.3, 0.4) is 0 Å². The monoisotopic (exact) mass is 441 g/mol. The average molecular weight is 443 g/mol. The molecule has 2 aromatic rings. The third kappa shape index (κ3) is 5.56. The summed E-state index contributed by atoms with van der Waals surface area (Å²) < 4.78 is 0.728. The number of benzene rings is 2. The van der Waals surface area contributed by atoms with E-state index in [0.717, 1.165) is 4.47 Å². The molecular weight excluding hydrogens is 429 g/mol. The van der Waals surface area contributed by atoms with Crippen LogP contribution in [0.15, 0.2) is 52.0 Å². The van der Waals surface area contributed by atoms with Crippen molar-refractivity contribution in [2.45, 2.75) is 6.92 Å². The summed E-state index contributed by atoms with van der Waals surface area (Å²) in [5.74, 6) is -1.90. The average Bonchev–Trinajstić information content (AvgIpc) is 2.58. The summed E-state index contributed by atoms with van der Waals surface area (Å²) in [7, 11) is 0. The van der Waals surface area contributed by atoms with Gasteiger partial charge >= 0.3 is 0 Å². The highest BCUT2D eigenvalue weighted by atomic mass is 79.9. The molecule has 0 saturated carbocycles. The lowest BCUT2D eigenvalue weighted by Gasteiger charge is -2.11. The maximum absolute atomic E-state index is 12.2. The molecule has 1 atom stereocenters. The fraction of sp³-hybridized carbons (Fsp3) is 0.118. The molecule has 130 valence electrons. The van der Waals surface area contributed by atoms with Crippen molar-refractivity contribution in [3.8, 4) is 0 Å². The van der Waals surface area contributed by atoms with Crippen molar-refractivity contribution in [2.75, 3.05) is 5.32 Å². The van der Waals surface area contributed by atoms with E-state index in [1.165, 1.54) is 13.1 Å². The molecular formula is C17H14BrCl2N3O2. The van der Waals surface area contributed by atoms with Crippen molar-refractivity contribution in [3.05, 3.63) is 62.5 Å². The molecule has 0 fully saturated rings. The number of hydrazone groups is 1. The van der Waals surface area contributed by atoms with Gasteiger partial charge in [0, 0.05) is 15.1 Å². The molecule has 8 heteroatoms. The Morgan fingerprint density at radius 3 is 2.56 bits per heavy atom. The van der Waals surface area contributed by atoms with Crippen LogP contribution in [0.4, 0.5) is 5.69 Å². The predicted octanol–water partition coefficient (Wildman–Crippen LogP) is 4.48. The van der Waals surface area contributed by atoms with E-state index in [1.807, 2.05) is 6.07 Å². The minimum Gasteiger partial charge on any atom is -0.324 e. The Morgan fingerprint density at radius 1 is 1.16 bits per heavy atom. The minimum atomic E-state index is -0.926. The number of nitrogens with one attached hydrogen (secondary N) is 2. The van der Waals surface area contributed by atoms with E-state index >= 15 is 0 Å². The third-order valence-electron chi connectivity index (χ3n) is 3.26. The highest BCUT2D eigenvalue weighted by molar-refractivity contribution is 9.10. The van der Waals surface area contributed by atoms with Crippen molar-refractivity contribution >= 4 is 62.8 Å². The molecule has 2 N–H and O–H groups in total. The quantitative estimate of drug-likeness (QED) is 0.407. The molecule has 0 aliphatic rings. The molecule has 0 bridgehead atoms. The Morgan fingerprint density at radius 2 is 1.88 bits per heavy atom. The van der Waals surface area contributed by atoms with E-state index < -0.39 is 17.7 Å². The Labute approximate surface area is 163 Å². The van der Waals surface area contributed by atoms with Crippen LogP contribution in [0.1, 0.15) is 12.5 Å². The third-order valence-corrected chi connectivity index (χ3v) is 4.51. The van der Waals surface area contributed by atoms with Gasteiger partial charge in [-0.1, -0.05) is 41.4 Å². The van der Waals surface area contributed by atoms with Gasteiger partial charge in [-0.3, -0.25) is 9.59 Å². The molecule has 1 unspecified atom stereocenters. The zero-order chi connectivity index (χ0) is 18.4. The van der Waals surface area contributed by atoms with E-state index in [4.69, 9.17) is 23.2 Å². The van der Waals surface area contributed by atoms with Crippen LogP contribution in [0.5, 0.6) is 0 Å². The summed E-state index contributed by atoms with van der Waals surface area (Å²) in [6, 6.07) is 12.0. The first kappa shape index (κ1) is 19.4. The van der Waals surface area contributed by atoms with Gasteiger partial charge in [0.2, 0.25) is 5.91 Å². The lowest BCUT2D eigenvalue weighted by atomic mass is 10.1. The smallest absolute Gasteiger partial charge is 0.252 e. The molecule has 0 heterocycles. The topological polar surface area (TPSA) is 70.6 Å². The summed E-state index contributed by atoms with van der Waals surface area (Å²) in [4.78, 5) is 24.2. The van der Waals surface area contributed by atoms with Gasteiger partial charge in [-0.25, -0.2) is 5.43 Å². The largest absolute Gasteiger partial charge is 0.324 e. The molecule has 5 nitrogen and oxygen atoms in total. The molecule has 0 spiro atoms. The number of amides is 2. The van der Waals surface area contributed by atoms with Crippen LogP contribution < -0.4 is 10.7 Å². The van der Waals surface area contributed by atoms with E-state index in [1.54, 1.807) is 36.4 Å². The van der Waals surface area contributed by atoms with Gasteiger partial charge in [0.1, 0.15) is 5.92 Å². The summed E-state index contributed by atoms with van der Waals surface area (Å²) in [6.45, 7) is 1.49. The number of carbonyl (C=O) groups excluding carboxylic acids is 2. The highest BCUT2D eigenvalue weighted by Crippen LogP contribution is 2.22. The predicted molar refractivity (Wildman–Crippen MR) is 104 cm³/mol. The zero-order valence-corrected chi connectivity index (χ0v) is 16.2.